The number of hydrogen-bond donors (Lipinski definition) is 0. The minimum Gasteiger partial charge on any atom is -0.378 e. The molecule has 11 heteroatoms. The Morgan fingerprint density at radius 2 is 1.63 bits per heavy atom. The van der Waals surface area contributed by atoms with Crippen LogP contribution >= 0.6 is 0 Å². The first-order valence-corrected chi connectivity index (χ1v) is 16.3. The van der Waals surface area contributed by atoms with Crippen molar-refractivity contribution in [2.45, 2.75) is 37.8 Å². The number of ether oxygens (including phenoxy) is 1. The van der Waals surface area contributed by atoms with Gasteiger partial charge in [-0.05, 0) is 54.8 Å². The van der Waals surface area contributed by atoms with E-state index >= 15 is 0 Å². The first-order chi connectivity index (χ1) is 22.0. The Balaban J connectivity index is 1.40. The van der Waals surface area contributed by atoms with Crippen LogP contribution < -0.4 is 10.5 Å². The van der Waals surface area contributed by atoms with Crippen LogP contribution in [0.1, 0.15) is 34.9 Å². The fourth-order valence-corrected chi connectivity index (χ4v) is 6.22. The van der Waals surface area contributed by atoms with Gasteiger partial charge in [-0.15, -0.1) is 0 Å². The highest BCUT2D eigenvalue weighted by Gasteiger charge is 2.24. The summed E-state index contributed by atoms with van der Waals surface area (Å²) >= 11 is 0. The lowest BCUT2D eigenvalue weighted by Crippen LogP contribution is -2.23. The van der Waals surface area contributed by atoms with Crippen LogP contribution in [0.15, 0.2) is 107 Å². The monoisotopic (exact) mass is 644 g/mol. The quantitative estimate of drug-likeness (QED) is 0.151. The molecule has 0 aliphatic heterocycles. The molecule has 0 aliphatic rings. The van der Waals surface area contributed by atoms with Crippen LogP contribution in [0, 0.1) is 18.6 Å². The van der Waals surface area contributed by atoms with E-state index in [1.165, 1.54) is 16.8 Å². The number of benzene rings is 3. The highest BCUT2D eigenvalue weighted by molar-refractivity contribution is 7.91. The second-order valence-electron chi connectivity index (χ2n) is 11.2. The lowest BCUT2D eigenvalue weighted by Gasteiger charge is -2.19. The third-order valence-corrected chi connectivity index (χ3v) is 8.96. The van der Waals surface area contributed by atoms with Gasteiger partial charge in [-0.25, -0.2) is 27.2 Å². The minimum atomic E-state index is -4.04. The molecule has 0 fully saturated rings. The Kier molecular flexibility index (Phi) is 10.0. The first-order valence-electron chi connectivity index (χ1n) is 14.6. The summed E-state index contributed by atoms with van der Waals surface area (Å²) < 4.78 is 63.6. The number of aromatic nitrogens is 3. The number of sulfone groups is 1. The molecular weight excluding hydrogens is 610 g/mol. The Hall–Kier alpha value is -4.74. The molecule has 5 aromatic rings. The van der Waals surface area contributed by atoms with E-state index in [4.69, 9.17) is 4.74 Å². The van der Waals surface area contributed by atoms with Gasteiger partial charge in [0.25, 0.3) is 5.56 Å². The van der Waals surface area contributed by atoms with E-state index in [9.17, 15) is 22.0 Å². The molecule has 0 spiro atoms. The zero-order valence-electron chi connectivity index (χ0n) is 25.7. The number of aryl methyl sites for hydroxylation is 1. The Morgan fingerprint density at radius 3 is 2.37 bits per heavy atom. The molecule has 8 nitrogen and oxygen atoms in total. The maximum absolute atomic E-state index is 14.9. The van der Waals surface area contributed by atoms with Gasteiger partial charge >= 0.3 is 0 Å². The zero-order valence-corrected chi connectivity index (χ0v) is 26.5. The van der Waals surface area contributed by atoms with Crippen LogP contribution in [0.25, 0.3) is 11.3 Å². The first kappa shape index (κ1) is 32.6. The average molecular weight is 645 g/mol. The van der Waals surface area contributed by atoms with Gasteiger partial charge in [0.2, 0.25) is 15.0 Å². The topological polar surface area (TPSA) is 94.4 Å². The molecule has 0 bridgehead atoms. The molecule has 5 rings (SSSR count). The van der Waals surface area contributed by atoms with Crippen LogP contribution in [0.3, 0.4) is 0 Å². The fraction of sp³-hybridized carbons (Fsp3) is 0.229. The second-order valence-corrected chi connectivity index (χ2v) is 13.2. The van der Waals surface area contributed by atoms with Gasteiger partial charge in [0.15, 0.2) is 5.82 Å². The molecule has 0 radical (unpaired) electrons. The van der Waals surface area contributed by atoms with Crippen molar-refractivity contribution in [3.05, 3.63) is 142 Å². The van der Waals surface area contributed by atoms with Crippen molar-refractivity contribution in [1.29, 1.82) is 0 Å². The predicted octanol–water partition coefficient (Wildman–Crippen LogP) is 6.13. The molecule has 0 amide bonds. The van der Waals surface area contributed by atoms with Crippen molar-refractivity contribution >= 4 is 15.5 Å². The molecule has 2 aromatic heterocycles. The summed E-state index contributed by atoms with van der Waals surface area (Å²) in [4.78, 5) is 23.1. The summed E-state index contributed by atoms with van der Waals surface area (Å²) in [5.41, 5.74) is 2.77. The smallest absolute Gasteiger partial charge is 0.286 e. The minimum absolute atomic E-state index is 0.0436. The summed E-state index contributed by atoms with van der Waals surface area (Å²) in [5.74, 6) is -1.75. The summed E-state index contributed by atoms with van der Waals surface area (Å²) in [5, 5.41) is -0.416. The zero-order chi connectivity index (χ0) is 32.8. The van der Waals surface area contributed by atoms with Crippen LogP contribution in [-0.4, -0.2) is 42.8 Å². The summed E-state index contributed by atoms with van der Waals surface area (Å²) in [7, 11) is -0.244. The van der Waals surface area contributed by atoms with Crippen molar-refractivity contribution in [1.82, 2.24) is 14.5 Å². The summed E-state index contributed by atoms with van der Waals surface area (Å²) in [6.45, 7) is 1.68. The number of anilines is 1. The van der Waals surface area contributed by atoms with Crippen LogP contribution in [0.4, 0.5) is 14.5 Å². The lowest BCUT2D eigenvalue weighted by atomic mass is 10.1. The molecule has 238 valence electrons. The fourth-order valence-electron chi connectivity index (χ4n) is 4.99. The third-order valence-electron chi connectivity index (χ3n) is 7.45. The standard InChI is InChI=1S/C35H34F2N4O4S/c1-24-18-32(28-20-31(37)34(42)41(22-28)21-25-10-9-14-29(19-25)40(2)3)39-35(38-24)46(43,44)17-16-33(26-11-5-4-6-12-26)45-23-27-13-7-8-15-30(27)36/h4-15,18-20,22,33H,16-17,21,23H2,1-3H3. The van der Waals surface area contributed by atoms with E-state index in [0.717, 1.165) is 22.9 Å². The maximum atomic E-state index is 14.9. The van der Waals surface area contributed by atoms with Crippen molar-refractivity contribution in [3.63, 3.8) is 0 Å². The van der Waals surface area contributed by atoms with Gasteiger partial charge < -0.3 is 14.2 Å². The third kappa shape index (κ3) is 7.91. The normalized spacial score (nSPS) is 12.2. The van der Waals surface area contributed by atoms with Gasteiger partial charge in [-0.3, -0.25) is 4.79 Å². The van der Waals surface area contributed by atoms with Crippen molar-refractivity contribution in [2.24, 2.45) is 0 Å². The molecular formula is C35H34F2N4O4S. The highest BCUT2D eigenvalue weighted by Crippen LogP contribution is 2.26. The van der Waals surface area contributed by atoms with Crippen molar-refractivity contribution in [3.8, 4) is 11.3 Å². The van der Waals surface area contributed by atoms with Crippen molar-refractivity contribution in [2.75, 3.05) is 24.7 Å². The molecule has 1 unspecified atom stereocenters. The SMILES string of the molecule is Cc1cc(-c2cc(F)c(=O)n(Cc3cccc(N(C)C)c3)c2)nc(S(=O)(=O)CCC(OCc2ccccc2F)c2ccccc2)n1. The maximum Gasteiger partial charge on any atom is 0.286 e. The molecule has 46 heavy (non-hydrogen) atoms. The van der Waals surface area contributed by atoms with E-state index in [1.54, 1.807) is 31.2 Å². The average Bonchev–Trinajstić information content (AvgIpc) is 3.04. The molecule has 0 saturated carbocycles. The summed E-state index contributed by atoms with van der Waals surface area (Å²) in [6, 6.07) is 25.5. The van der Waals surface area contributed by atoms with E-state index in [-0.39, 0.29) is 36.6 Å². The molecule has 0 aliphatic carbocycles. The van der Waals surface area contributed by atoms with Gasteiger partial charge in [-0.2, -0.15) is 0 Å². The predicted molar refractivity (Wildman–Crippen MR) is 173 cm³/mol. The van der Waals surface area contributed by atoms with Gasteiger partial charge in [0.1, 0.15) is 5.82 Å². The Morgan fingerprint density at radius 1 is 0.891 bits per heavy atom. The Labute approximate surface area is 266 Å². The second kappa shape index (κ2) is 14.1. The number of halogens is 2. The van der Waals surface area contributed by atoms with E-state index in [2.05, 4.69) is 9.97 Å². The molecule has 1 atom stereocenters. The number of rotatable bonds is 12. The molecule has 3 aromatic carbocycles. The van der Waals surface area contributed by atoms with E-state index in [1.807, 2.05) is 73.6 Å². The number of hydrogen-bond acceptors (Lipinski definition) is 7. The summed E-state index contributed by atoms with van der Waals surface area (Å²) in [6.07, 6.45) is 0.871. The Bertz CT molecular complexity index is 2000. The van der Waals surface area contributed by atoms with Gasteiger partial charge in [-0.1, -0.05) is 60.7 Å². The molecule has 0 saturated heterocycles. The van der Waals surface area contributed by atoms with Gasteiger partial charge in [0.05, 0.1) is 30.7 Å². The van der Waals surface area contributed by atoms with Crippen LogP contribution in [-0.2, 0) is 27.7 Å². The van der Waals surface area contributed by atoms with Gasteiger partial charge in [0, 0.05) is 42.8 Å². The highest BCUT2D eigenvalue weighted by atomic mass is 32.2. The van der Waals surface area contributed by atoms with E-state index in [0.29, 0.717) is 11.3 Å². The number of nitrogens with zero attached hydrogens (tertiary/aromatic N) is 4. The van der Waals surface area contributed by atoms with Crippen LogP contribution in [0.5, 0.6) is 0 Å². The lowest BCUT2D eigenvalue weighted by molar-refractivity contribution is 0.0361. The van der Waals surface area contributed by atoms with Crippen molar-refractivity contribution < 1.29 is 21.9 Å². The molecule has 0 N–H and O–H groups in total. The van der Waals surface area contributed by atoms with Crippen LogP contribution in [0.2, 0.25) is 0 Å². The van der Waals surface area contributed by atoms with E-state index < -0.39 is 38.3 Å². The number of pyridine rings is 1. The largest absolute Gasteiger partial charge is 0.378 e. The molecule has 2 heterocycles.